The van der Waals surface area contributed by atoms with E-state index < -0.39 is 24.2 Å². The summed E-state index contributed by atoms with van der Waals surface area (Å²) in [5.41, 5.74) is 5.02. The molecule has 2 N–H and O–H groups in total. The predicted octanol–water partition coefficient (Wildman–Crippen LogP) is 2.08. The first-order valence-electron chi connectivity index (χ1n) is 3.94. The lowest BCUT2D eigenvalue weighted by Crippen LogP contribution is -2.25. The summed E-state index contributed by atoms with van der Waals surface area (Å²) in [5, 5.41) is 0. The molecule has 1 aromatic rings. The molecule has 0 bridgehead atoms. The Hall–Kier alpha value is -1.59. The zero-order valence-corrected chi connectivity index (χ0v) is 7.44. The SMILES string of the molecule is Nc1ccc(F)c(CC(=O)C(F)(F)F)c1. The van der Waals surface area contributed by atoms with Crippen LogP contribution in [0.15, 0.2) is 18.2 Å². The molecule has 0 heterocycles. The van der Waals surface area contributed by atoms with Gasteiger partial charge < -0.3 is 5.73 Å². The number of nitrogens with two attached hydrogens (primary N) is 1. The molecule has 1 aromatic carbocycles. The highest BCUT2D eigenvalue weighted by Crippen LogP contribution is 2.21. The molecule has 0 fully saturated rings. The van der Waals surface area contributed by atoms with Gasteiger partial charge in [-0.05, 0) is 23.8 Å². The number of hydrogen-bond donors (Lipinski definition) is 1. The third-order valence-electron chi connectivity index (χ3n) is 1.74. The number of alkyl halides is 3. The molecule has 0 spiro atoms. The summed E-state index contributed by atoms with van der Waals surface area (Å²) in [6, 6.07) is 3.14. The van der Waals surface area contributed by atoms with Crippen LogP contribution in [0.2, 0.25) is 0 Å². The maximum Gasteiger partial charge on any atom is 0.450 e. The van der Waals surface area contributed by atoms with Crippen molar-refractivity contribution in [3.63, 3.8) is 0 Å². The van der Waals surface area contributed by atoms with E-state index >= 15 is 0 Å². The Morgan fingerprint density at radius 3 is 2.47 bits per heavy atom. The Morgan fingerprint density at radius 2 is 1.93 bits per heavy atom. The molecule has 0 atom stereocenters. The van der Waals surface area contributed by atoms with Gasteiger partial charge in [-0.2, -0.15) is 13.2 Å². The number of benzene rings is 1. The summed E-state index contributed by atoms with van der Waals surface area (Å²) in [6.45, 7) is 0. The van der Waals surface area contributed by atoms with Crippen LogP contribution in [0.25, 0.3) is 0 Å². The summed E-state index contributed by atoms with van der Waals surface area (Å²) in [6.07, 6.45) is -5.97. The van der Waals surface area contributed by atoms with Crippen LogP contribution in [0.4, 0.5) is 23.2 Å². The van der Waals surface area contributed by atoms with Gasteiger partial charge in [0.25, 0.3) is 0 Å². The largest absolute Gasteiger partial charge is 0.450 e. The highest BCUT2D eigenvalue weighted by Gasteiger charge is 2.38. The Labute approximate surface area is 82.7 Å². The van der Waals surface area contributed by atoms with Crippen molar-refractivity contribution in [2.75, 3.05) is 5.73 Å². The van der Waals surface area contributed by atoms with Crippen molar-refractivity contribution in [1.82, 2.24) is 0 Å². The average molecular weight is 221 g/mol. The standard InChI is InChI=1S/C9H7F4NO/c10-7-2-1-6(14)3-5(7)4-8(15)9(11,12)13/h1-3H,4,14H2. The van der Waals surface area contributed by atoms with Crippen LogP contribution in [-0.4, -0.2) is 12.0 Å². The number of carbonyl (C=O) groups excluding carboxylic acids is 1. The van der Waals surface area contributed by atoms with Gasteiger partial charge in [-0.15, -0.1) is 0 Å². The molecule has 15 heavy (non-hydrogen) atoms. The fraction of sp³-hybridized carbons (Fsp3) is 0.222. The van der Waals surface area contributed by atoms with Gasteiger partial charge in [0.05, 0.1) is 0 Å². The first-order chi connectivity index (χ1) is 6.80. The number of anilines is 1. The zero-order valence-electron chi connectivity index (χ0n) is 7.44. The molecule has 0 saturated carbocycles. The lowest BCUT2D eigenvalue weighted by atomic mass is 10.1. The smallest absolute Gasteiger partial charge is 0.399 e. The normalized spacial score (nSPS) is 11.5. The number of rotatable bonds is 2. The second-order valence-corrected chi connectivity index (χ2v) is 2.95. The first-order valence-corrected chi connectivity index (χ1v) is 3.94. The van der Waals surface area contributed by atoms with Crippen molar-refractivity contribution in [1.29, 1.82) is 0 Å². The van der Waals surface area contributed by atoms with Crippen molar-refractivity contribution < 1.29 is 22.4 Å². The molecule has 0 aliphatic carbocycles. The molecular weight excluding hydrogens is 214 g/mol. The van der Waals surface area contributed by atoms with E-state index in [0.717, 1.165) is 12.1 Å². The molecule has 0 saturated heterocycles. The van der Waals surface area contributed by atoms with Crippen LogP contribution in [0.1, 0.15) is 5.56 Å². The summed E-state index contributed by atoms with van der Waals surface area (Å²) < 4.78 is 48.5. The third kappa shape index (κ3) is 2.93. The van der Waals surface area contributed by atoms with E-state index in [1.165, 1.54) is 6.07 Å². The summed E-state index contributed by atoms with van der Waals surface area (Å²) in [7, 11) is 0. The van der Waals surface area contributed by atoms with Crippen LogP contribution >= 0.6 is 0 Å². The second kappa shape index (κ2) is 3.88. The molecule has 82 valence electrons. The molecule has 6 heteroatoms. The van der Waals surface area contributed by atoms with E-state index in [4.69, 9.17) is 5.73 Å². The predicted molar refractivity (Wildman–Crippen MR) is 45.6 cm³/mol. The molecule has 0 aliphatic heterocycles. The van der Waals surface area contributed by atoms with Crippen molar-refractivity contribution in [2.24, 2.45) is 0 Å². The number of carbonyl (C=O) groups is 1. The fourth-order valence-electron chi connectivity index (χ4n) is 1.00. The van der Waals surface area contributed by atoms with Crippen LogP contribution in [-0.2, 0) is 11.2 Å². The van der Waals surface area contributed by atoms with E-state index in [9.17, 15) is 22.4 Å². The molecule has 0 aromatic heterocycles. The van der Waals surface area contributed by atoms with Crippen molar-refractivity contribution in [3.05, 3.63) is 29.6 Å². The lowest BCUT2D eigenvalue weighted by molar-refractivity contribution is -0.170. The average Bonchev–Trinajstić information content (AvgIpc) is 2.09. The van der Waals surface area contributed by atoms with E-state index in [2.05, 4.69) is 0 Å². The van der Waals surface area contributed by atoms with Gasteiger partial charge in [-0.1, -0.05) is 0 Å². The molecule has 0 aliphatic rings. The van der Waals surface area contributed by atoms with E-state index in [-0.39, 0.29) is 11.3 Å². The molecule has 0 radical (unpaired) electrons. The van der Waals surface area contributed by atoms with Gasteiger partial charge >= 0.3 is 6.18 Å². The fourth-order valence-corrected chi connectivity index (χ4v) is 1.00. The Bertz CT molecular complexity index is 386. The lowest BCUT2D eigenvalue weighted by Gasteiger charge is -2.06. The van der Waals surface area contributed by atoms with E-state index in [1.807, 2.05) is 0 Å². The first kappa shape index (κ1) is 11.5. The van der Waals surface area contributed by atoms with Crippen LogP contribution < -0.4 is 5.73 Å². The van der Waals surface area contributed by atoms with Crippen molar-refractivity contribution in [3.8, 4) is 0 Å². The minimum atomic E-state index is -4.95. The highest BCUT2D eigenvalue weighted by molar-refractivity contribution is 5.86. The minimum Gasteiger partial charge on any atom is -0.399 e. The quantitative estimate of drug-likeness (QED) is 0.613. The molecule has 0 unspecified atom stereocenters. The topological polar surface area (TPSA) is 43.1 Å². The van der Waals surface area contributed by atoms with Gasteiger partial charge in [0.15, 0.2) is 0 Å². The number of nitrogen functional groups attached to an aromatic ring is 1. The van der Waals surface area contributed by atoms with Crippen LogP contribution in [0.5, 0.6) is 0 Å². The monoisotopic (exact) mass is 221 g/mol. The molecule has 0 amide bonds. The minimum absolute atomic E-state index is 0.112. The summed E-state index contributed by atoms with van der Waals surface area (Å²) >= 11 is 0. The van der Waals surface area contributed by atoms with Crippen LogP contribution in [0.3, 0.4) is 0 Å². The highest BCUT2D eigenvalue weighted by atomic mass is 19.4. The Kier molecular flexibility index (Phi) is 2.97. The number of Topliss-reactive ketones (excluding diaryl/α,β-unsaturated/α-hetero) is 1. The third-order valence-corrected chi connectivity index (χ3v) is 1.74. The second-order valence-electron chi connectivity index (χ2n) is 2.95. The summed E-state index contributed by atoms with van der Waals surface area (Å²) in [4.78, 5) is 10.6. The van der Waals surface area contributed by atoms with Crippen LogP contribution in [0, 0.1) is 5.82 Å². The van der Waals surface area contributed by atoms with E-state index in [1.54, 1.807) is 0 Å². The molecular formula is C9H7F4NO. The molecule has 1 rings (SSSR count). The number of hydrogen-bond acceptors (Lipinski definition) is 2. The van der Waals surface area contributed by atoms with Gasteiger partial charge in [0.2, 0.25) is 5.78 Å². The van der Waals surface area contributed by atoms with Crippen molar-refractivity contribution >= 4 is 11.5 Å². The number of halogens is 4. The summed E-state index contributed by atoms with van der Waals surface area (Å²) in [5.74, 6) is -2.87. The maximum atomic E-state index is 12.9. The molecule has 2 nitrogen and oxygen atoms in total. The van der Waals surface area contributed by atoms with Crippen molar-refractivity contribution in [2.45, 2.75) is 12.6 Å². The maximum absolute atomic E-state index is 12.9. The Morgan fingerprint density at radius 1 is 1.33 bits per heavy atom. The van der Waals surface area contributed by atoms with Gasteiger partial charge in [0, 0.05) is 12.1 Å². The van der Waals surface area contributed by atoms with E-state index in [0.29, 0.717) is 0 Å². The number of ketones is 1. The zero-order chi connectivity index (χ0) is 11.6. The van der Waals surface area contributed by atoms with Gasteiger partial charge in [0.1, 0.15) is 5.82 Å². The van der Waals surface area contributed by atoms with Gasteiger partial charge in [-0.3, -0.25) is 4.79 Å². The Balaban J connectivity index is 2.90. The van der Waals surface area contributed by atoms with Gasteiger partial charge in [-0.25, -0.2) is 4.39 Å².